The predicted molar refractivity (Wildman–Crippen MR) is 197 cm³/mol. The van der Waals surface area contributed by atoms with Gasteiger partial charge in [-0.15, -0.1) is 0 Å². The van der Waals surface area contributed by atoms with Gasteiger partial charge in [-0.25, -0.2) is 4.79 Å². The fourth-order valence-corrected chi connectivity index (χ4v) is 14.1. The number of hydrogen-bond acceptors (Lipinski definition) is 8. The van der Waals surface area contributed by atoms with Gasteiger partial charge < -0.3 is 14.2 Å². The summed E-state index contributed by atoms with van der Waals surface area (Å²) in [6, 6.07) is 6.11. The van der Waals surface area contributed by atoms with Gasteiger partial charge in [0.2, 0.25) is 0 Å². The molecule has 6 saturated carbocycles. The first kappa shape index (κ1) is 32.9. The molecule has 7 aliphatic rings. The molecule has 9 nitrogen and oxygen atoms in total. The predicted octanol–water partition coefficient (Wildman–Crippen LogP) is 6.83. The number of fused-ring (bicyclic) bond motifs is 1. The largest absolute Gasteiger partial charge is 0.458 e. The Morgan fingerprint density at radius 2 is 1.52 bits per heavy atom. The Kier molecular flexibility index (Phi) is 8.49. The lowest BCUT2D eigenvalue weighted by molar-refractivity contribution is -0.149. The van der Waals surface area contributed by atoms with Gasteiger partial charge >= 0.3 is 17.9 Å². The molecule has 0 amide bonds. The molecule has 1 N–H and O–H groups in total. The van der Waals surface area contributed by atoms with Crippen LogP contribution in [0, 0.1) is 61.6 Å². The Labute approximate surface area is 320 Å². The van der Waals surface area contributed by atoms with Gasteiger partial charge in [-0.1, -0.05) is 0 Å². The second kappa shape index (κ2) is 11.9. The van der Waals surface area contributed by atoms with Gasteiger partial charge in [-0.2, -0.15) is 8.42 Å². The molecule has 0 aromatic heterocycles. The van der Waals surface area contributed by atoms with E-state index in [-0.39, 0.29) is 22.5 Å². The highest BCUT2D eigenvalue weighted by Crippen LogP contribution is 2.61. The molecule has 46 heavy (non-hydrogen) atoms. The molecular weight excluding hydrogens is 1070 g/mol. The fraction of sp³-hybridized carbons (Fsp3) is 0.531. The Bertz CT molecular complexity index is 1780. The minimum absolute atomic E-state index is 0.0320. The summed E-state index contributed by atoms with van der Waals surface area (Å²) in [5.74, 6) is -1.74. The highest BCUT2D eigenvalue weighted by atomic mass is 127. The van der Waals surface area contributed by atoms with E-state index in [1.165, 1.54) is 18.6 Å². The number of esters is 3. The topological polar surface area (TPSA) is 133 Å². The zero-order valence-corrected chi connectivity index (χ0v) is 33.5. The summed E-state index contributed by atoms with van der Waals surface area (Å²) in [6.07, 6.45) is 4.53. The molecule has 1 aliphatic heterocycles. The number of ether oxygens (including phenoxy) is 3. The van der Waals surface area contributed by atoms with Crippen LogP contribution in [-0.2, 0) is 29.2 Å². The summed E-state index contributed by atoms with van der Waals surface area (Å²) in [5, 5.41) is 0. The fourth-order valence-electron chi connectivity index (χ4n) is 10.1. The zero-order valence-electron chi connectivity index (χ0n) is 24.0. The van der Waals surface area contributed by atoms with Crippen molar-refractivity contribution < 1.29 is 41.6 Å². The minimum Gasteiger partial charge on any atom is -0.458 e. The summed E-state index contributed by atoms with van der Waals surface area (Å²) < 4.78 is 56.5. The Morgan fingerprint density at radius 3 is 2.17 bits per heavy atom. The lowest BCUT2D eigenvalue weighted by Crippen LogP contribution is -2.44. The third-order valence-corrected chi connectivity index (χ3v) is 19.6. The van der Waals surface area contributed by atoms with Crippen LogP contribution in [0.2, 0.25) is 0 Å². The van der Waals surface area contributed by atoms with E-state index in [2.05, 4.69) is 90.4 Å². The van der Waals surface area contributed by atoms with Crippen LogP contribution in [0.4, 0.5) is 0 Å². The van der Waals surface area contributed by atoms with Crippen molar-refractivity contribution in [1.29, 1.82) is 0 Å². The second-order valence-electron chi connectivity index (χ2n) is 13.8. The molecule has 6 unspecified atom stereocenters. The van der Waals surface area contributed by atoms with Gasteiger partial charge in [0.15, 0.2) is 0 Å². The van der Waals surface area contributed by atoms with Gasteiger partial charge in [0, 0.05) is 26.1 Å². The summed E-state index contributed by atoms with van der Waals surface area (Å²) in [4.78, 5) is 40.3. The third kappa shape index (κ3) is 5.29. The minimum atomic E-state index is -4.50. The van der Waals surface area contributed by atoms with Crippen molar-refractivity contribution >= 4 is 118 Å². The highest BCUT2D eigenvalue weighted by molar-refractivity contribution is 14.1. The molecule has 14 heteroatoms. The first-order valence-electron chi connectivity index (χ1n) is 15.4. The van der Waals surface area contributed by atoms with Crippen LogP contribution >= 0.6 is 90.4 Å². The van der Waals surface area contributed by atoms with Crippen molar-refractivity contribution in [3.63, 3.8) is 0 Å². The number of rotatable bonds is 6. The van der Waals surface area contributed by atoms with Crippen LogP contribution in [0.25, 0.3) is 0 Å². The summed E-state index contributed by atoms with van der Waals surface area (Å²) in [7, 11) is -4.50. The van der Waals surface area contributed by atoms with Crippen molar-refractivity contribution in [2.24, 2.45) is 47.3 Å². The van der Waals surface area contributed by atoms with E-state index in [0.717, 1.165) is 40.0 Å². The SMILES string of the molecule is O=C(OC1C2CC3C1OC(=O)C3C2C(=O)Oc1ccc(S(=O)(=O)O)c(C2C3CC4CC(C3)CC2C4)c1)c1cc(I)c(I)c(I)c1I. The molecule has 1 heterocycles. The molecule has 2 aromatic carbocycles. The Morgan fingerprint density at radius 1 is 0.848 bits per heavy atom. The molecule has 2 aromatic rings. The third-order valence-electron chi connectivity index (χ3n) is 11.4. The maximum absolute atomic E-state index is 13.9. The first-order valence-corrected chi connectivity index (χ1v) is 21.1. The average Bonchev–Trinajstić information content (AvgIpc) is 3.61. The van der Waals surface area contributed by atoms with E-state index < -0.39 is 58.0 Å². The quantitative estimate of drug-likeness (QED) is 0.0826. The standard InChI is InChI=1S/C32H28I4O9S/c33-20-10-19(25(34)27(36)26(20)35)30(37)44-28-17-9-18-24(32(39)45-29(18)28)23(17)31(38)43-15-1-2-21(46(40,41)42)16(8-15)22-13-4-11-3-12(6-13)7-14(22)5-11/h1-2,8,10-14,17-18,22-24,28-29H,3-7,9H2,(H,40,41,42). The molecule has 6 aliphatic carbocycles. The molecule has 6 atom stereocenters. The Hall–Kier alpha value is -0.320. The number of benzene rings is 2. The van der Waals surface area contributed by atoms with Crippen molar-refractivity contribution in [3.8, 4) is 5.75 Å². The average molecular weight is 1100 g/mol. The number of carbonyl (C=O) groups excluding carboxylic acids is 3. The van der Waals surface area contributed by atoms with Crippen LogP contribution in [0.15, 0.2) is 29.2 Å². The van der Waals surface area contributed by atoms with Crippen molar-refractivity contribution in [2.45, 2.75) is 61.5 Å². The number of halogens is 4. The van der Waals surface area contributed by atoms with Crippen LogP contribution < -0.4 is 4.74 Å². The first-order chi connectivity index (χ1) is 21.8. The molecule has 6 bridgehead atoms. The van der Waals surface area contributed by atoms with Crippen molar-refractivity contribution in [3.05, 3.63) is 49.7 Å². The summed E-state index contributed by atoms with van der Waals surface area (Å²) in [5.41, 5.74) is 0.937. The monoisotopic (exact) mass is 1100 g/mol. The molecule has 7 fully saturated rings. The van der Waals surface area contributed by atoms with Crippen LogP contribution in [0.5, 0.6) is 5.75 Å². The Balaban J connectivity index is 1.07. The van der Waals surface area contributed by atoms with Gasteiger partial charge in [0.25, 0.3) is 10.1 Å². The van der Waals surface area contributed by atoms with Gasteiger partial charge in [-0.3, -0.25) is 14.1 Å². The van der Waals surface area contributed by atoms with E-state index >= 15 is 0 Å². The smallest absolute Gasteiger partial charge is 0.339 e. The van der Waals surface area contributed by atoms with E-state index in [1.54, 1.807) is 12.1 Å². The summed E-state index contributed by atoms with van der Waals surface area (Å²) in [6.45, 7) is 0. The maximum Gasteiger partial charge on any atom is 0.339 e. The highest BCUT2D eigenvalue weighted by Gasteiger charge is 2.70. The molecule has 9 rings (SSSR count). The lowest BCUT2D eigenvalue weighted by Gasteiger charge is -2.54. The van der Waals surface area contributed by atoms with E-state index in [4.69, 9.17) is 14.2 Å². The summed E-state index contributed by atoms with van der Waals surface area (Å²) >= 11 is 8.77. The zero-order chi connectivity index (χ0) is 32.4. The van der Waals surface area contributed by atoms with E-state index in [9.17, 15) is 27.4 Å². The van der Waals surface area contributed by atoms with Crippen LogP contribution in [0.3, 0.4) is 0 Å². The van der Waals surface area contributed by atoms with E-state index in [0.29, 0.717) is 41.2 Å². The van der Waals surface area contributed by atoms with Crippen molar-refractivity contribution in [2.75, 3.05) is 0 Å². The number of carbonyl (C=O) groups is 3. The van der Waals surface area contributed by atoms with Gasteiger partial charge in [0.05, 0.1) is 22.3 Å². The van der Waals surface area contributed by atoms with Crippen molar-refractivity contribution in [1.82, 2.24) is 0 Å². The molecule has 244 valence electrons. The maximum atomic E-state index is 13.9. The normalized spacial score (nSPS) is 36.6. The van der Waals surface area contributed by atoms with Crippen LogP contribution in [0.1, 0.15) is 60.4 Å². The second-order valence-corrected chi connectivity index (χ2v) is 19.6. The number of hydrogen-bond donors (Lipinski definition) is 1. The van der Waals surface area contributed by atoms with Crippen LogP contribution in [-0.4, -0.2) is 43.1 Å². The molecule has 0 radical (unpaired) electrons. The lowest BCUT2D eigenvalue weighted by atomic mass is 9.51. The molecule has 1 saturated heterocycles. The van der Waals surface area contributed by atoms with E-state index in [1.807, 2.05) is 0 Å². The van der Waals surface area contributed by atoms with Gasteiger partial charge in [0.1, 0.15) is 18.0 Å². The van der Waals surface area contributed by atoms with Gasteiger partial charge in [-0.05, 0) is 188 Å². The molecular formula is C32H28I4O9S. The molecule has 0 spiro atoms.